The van der Waals surface area contributed by atoms with E-state index in [1.807, 2.05) is 0 Å². The Hall–Kier alpha value is -0.920. The van der Waals surface area contributed by atoms with Gasteiger partial charge in [-0.25, -0.2) is 0 Å². The standard InChI is InChI=1S/C32H48N2/c1-20-17-24-25(30(6)22(3)19-31(33-26(20)30)12-7-8-13-31)23-11-16-28(24,4)27-29(23,5)21(2)18-32(34-27)14-9-10-15-32/h17,21-25H,7-16,18-19H2,1-6H3/t21-,22-,23+,24-,25-,28-,29-,30-/m0/s1. The van der Waals surface area contributed by atoms with Gasteiger partial charge >= 0.3 is 0 Å². The summed E-state index contributed by atoms with van der Waals surface area (Å²) in [6.07, 6.45) is 19.0. The second-order valence-electron chi connectivity index (χ2n) is 15.0. The number of rotatable bonds is 0. The summed E-state index contributed by atoms with van der Waals surface area (Å²) < 4.78 is 0. The van der Waals surface area contributed by atoms with Crippen molar-refractivity contribution in [3.05, 3.63) is 11.6 Å². The molecule has 0 saturated heterocycles. The molecule has 6 aliphatic carbocycles. The summed E-state index contributed by atoms with van der Waals surface area (Å²) in [5.74, 6) is 3.60. The summed E-state index contributed by atoms with van der Waals surface area (Å²) in [6.45, 7) is 15.6. The topological polar surface area (TPSA) is 24.7 Å². The second kappa shape index (κ2) is 6.69. The van der Waals surface area contributed by atoms with Crippen LogP contribution in [0.2, 0.25) is 0 Å². The molecule has 186 valence electrons. The lowest BCUT2D eigenvalue weighted by atomic mass is 9.33. The first kappa shape index (κ1) is 22.3. The fourth-order valence-corrected chi connectivity index (χ4v) is 11.6. The van der Waals surface area contributed by atoms with E-state index in [-0.39, 0.29) is 27.3 Å². The second-order valence-corrected chi connectivity index (χ2v) is 15.0. The van der Waals surface area contributed by atoms with E-state index in [1.165, 1.54) is 88.3 Å². The fourth-order valence-electron chi connectivity index (χ4n) is 11.6. The van der Waals surface area contributed by atoms with Gasteiger partial charge in [-0.05, 0) is 93.5 Å². The van der Waals surface area contributed by atoms with Crippen LogP contribution in [0, 0.1) is 45.8 Å². The summed E-state index contributed by atoms with van der Waals surface area (Å²) in [7, 11) is 0. The number of allylic oxidation sites excluding steroid dienone is 2. The molecule has 2 nitrogen and oxygen atoms in total. The Kier molecular flexibility index (Phi) is 4.38. The minimum absolute atomic E-state index is 0.223. The molecule has 2 heteroatoms. The van der Waals surface area contributed by atoms with Gasteiger partial charge in [0.15, 0.2) is 0 Å². The van der Waals surface area contributed by atoms with E-state index in [0.717, 1.165) is 23.7 Å². The van der Waals surface area contributed by atoms with Gasteiger partial charge in [-0.2, -0.15) is 0 Å². The molecule has 5 fully saturated rings. The highest BCUT2D eigenvalue weighted by Gasteiger charge is 2.71. The van der Waals surface area contributed by atoms with Gasteiger partial charge in [-0.3, -0.25) is 9.98 Å². The van der Waals surface area contributed by atoms with Gasteiger partial charge in [0.25, 0.3) is 0 Å². The maximum atomic E-state index is 5.89. The molecule has 8 rings (SSSR count). The Morgan fingerprint density at radius 3 is 1.94 bits per heavy atom. The molecule has 2 spiro atoms. The zero-order valence-corrected chi connectivity index (χ0v) is 22.8. The van der Waals surface area contributed by atoms with Crippen molar-refractivity contribution >= 4 is 11.4 Å². The van der Waals surface area contributed by atoms with Crippen molar-refractivity contribution in [2.45, 2.75) is 130 Å². The molecule has 0 radical (unpaired) electrons. The van der Waals surface area contributed by atoms with E-state index in [9.17, 15) is 0 Å². The Balaban J connectivity index is 1.43. The molecule has 5 saturated carbocycles. The minimum atomic E-state index is 0.223. The number of aliphatic imine (C=N–C) groups is 2. The SMILES string of the molecule is CC1=C[C@H]2[C@H]([C@H]3CC[C@]2(C)C2=NC4(CCCC4)C[C@H](C)[C@]23C)[C@@]2(C)C1=NC1(CCCC1)C[C@@H]2C. The van der Waals surface area contributed by atoms with Crippen LogP contribution in [0.5, 0.6) is 0 Å². The highest BCUT2D eigenvalue weighted by Crippen LogP contribution is 2.73. The number of nitrogens with zero attached hydrogens (tertiary/aromatic N) is 2. The maximum Gasteiger partial charge on any atom is 0.0614 e. The summed E-state index contributed by atoms with van der Waals surface area (Å²) in [5, 5.41) is 0. The molecule has 8 aliphatic rings. The zero-order chi connectivity index (χ0) is 23.7. The predicted octanol–water partition coefficient (Wildman–Crippen LogP) is 8.21. The molecule has 0 amide bonds. The fraction of sp³-hybridized carbons (Fsp3) is 0.875. The maximum absolute atomic E-state index is 5.89. The van der Waals surface area contributed by atoms with Crippen LogP contribution in [0.3, 0.4) is 0 Å². The number of hydrogen-bond acceptors (Lipinski definition) is 2. The first-order chi connectivity index (χ1) is 16.1. The first-order valence-electron chi connectivity index (χ1n) is 15.0. The van der Waals surface area contributed by atoms with Crippen LogP contribution in [-0.2, 0) is 0 Å². The highest BCUT2D eigenvalue weighted by molar-refractivity contribution is 6.07. The zero-order valence-electron chi connectivity index (χ0n) is 22.8. The van der Waals surface area contributed by atoms with Crippen molar-refractivity contribution in [3.8, 4) is 0 Å². The molecule has 2 bridgehead atoms. The Morgan fingerprint density at radius 1 is 0.765 bits per heavy atom. The van der Waals surface area contributed by atoms with Crippen molar-refractivity contribution in [3.63, 3.8) is 0 Å². The van der Waals surface area contributed by atoms with Crippen molar-refractivity contribution in [2.75, 3.05) is 0 Å². The summed E-state index contributed by atoms with van der Waals surface area (Å²) >= 11 is 0. The van der Waals surface area contributed by atoms with Crippen LogP contribution in [-0.4, -0.2) is 22.5 Å². The molecule has 2 heterocycles. The molecular weight excluding hydrogens is 412 g/mol. The Morgan fingerprint density at radius 2 is 1.32 bits per heavy atom. The van der Waals surface area contributed by atoms with E-state index >= 15 is 0 Å². The van der Waals surface area contributed by atoms with Gasteiger partial charge < -0.3 is 0 Å². The Bertz CT molecular complexity index is 1000. The first-order valence-corrected chi connectivity index (χ1v) is 15.0. The highest BCUT2D eigenvalue weighted by atomic mass is 15.0. The molecule has 0 aromatic carbocycles. The average Bonchev–Trinajstić information content (AvgIpc) is 3.43. The third-order valence-electron chi connectivity index (χ3n) is 13.5. The van der Waals surface area contributed by atoms with Gasteiger partial charge in [0.1, 0.15) is 0 Å². The van der Waals surface area contributed by atoms with Gasteiger partial charge in [0.2, 0.25) is 0 Å². The van der Waals surface area contributed by atoms with Crippen LogP contribution < -0.4 is 0 Å². The van der Waals surface area contributed by atoms with E-state index < -0.39 is 0 Å². The van der Waals surface area contributed by atoms with Crippen LogP contribution in [0.25, 0.3) is 0 Å². The summed E-state index contributed by atoms with van der Waals surface area (Å²) in [4.78, 5) is 11.6. The average molecular weight is 461 g/mol. The van der Waals surface area contributed by atoms with Gasteiger partial charge in [0, 0.05) is 27.7 Å². The smallest absolute Gasteiger partial charge is 0.0614 e. The number of fused-ring (bicyclic) bond motifs is 2. The van der Waals surface area contributed by atoms with E-state index in [4.69, 9.17) is 9.98 Å². The van der Waals surface area contributed by atoms with E-state index in [1.54, 1.807) is 5.71 Å². The third-order valence-corrected chi connectivity index (χ3v) is 13.5. The molecule has 0 unspecified atom stereocenters. The molecule has 0 N–H and O–H groups in total. The van der Waals surface area contributed by atoms with Crippen molar-refractivity contribution in [1.29, 1.82) is 0 Å². The normalized spacial score (nSPS) is 52.1. The summed E-state index contributed by atoms with van der Waals surface area (Å²) in [6, 6.07) is 0. The monoisotopic (exact) mass is 460 g/mol. The molecule has 8 atom stereocenters. The van der Waals surface area contributed by atoms with Crippen LogP contribution >= 0.6 is 0 Å². The molecular formula is C32H48N2. The predicted molar refractivity (Wildman–Crippen MR) is 143 cm³/mol. The van der Waals surface area contributed by atoms with Crippen LogP contribution in [0.1, 0.15) is 119 Å². The van der Waals surface area contributed by atoms with Gasteiger partial charge in [-0.1, -0.05) is 66.4 Å². The minimum Gasteiger partial charge on any atom is -0.286 e. The van der Waals surface area contributed by atoms with Crippen LogP contribution in [0.15, 0.2) is 21.6 Å². The quantitative estimate of drug-likeness (QED) is 0.348. The Labute approximate surface area is 208 Å². The third kappa shape index (κ3) is 2.45. The molecule has 2 aliphatic heterocycles. The van der Waals surface area contributed by atoms with Crippen molar-refractivity contribution < 1.29 is 0 Å². The lowest BCUT2D eigenvalue weighted by molar-refractivity contribution is -0.0983. The van der Waals surface area contributed by atoms with Gasteiger partial charge in [-0.15, -0.1) is 0 Å². The van der Waals surface area contributed by atoms with Crippen molar-refractivity contribution in [1.82, 2.24) is 0 Å². The molecule has 0 aromatic rings. The number of hydrogen-bond donors (Lipinski definition) is 0. The van der Waals surface area contributed by atoms with Gasteiger partial charge in [0.05, 0.1) is 11.1 Å². The largest absolute Gasteiger partial charge is 0.286 e. The summed E-state index contributed by atoms with van der Waals surface area (Å²) in [5.41, 5.74) is 6.00. The molecule has 0 aromatic heterocycles. The van der Waals surface area contributed by atoms with E-state index in [2.05, 4.69) is 47.6 Å². The molecule has 34 heavy (non-hydrogen) atoms. The lowest BCUT2D eigenvalue weighted by Crippen LogP contribution is -2.71. The lowest BCUT2D eigenvalue weighted by Gasteiger charge is -2.72. The van der Waals surface area contributed by atoms with E-state index in [0.29, 0.717) is 5.92 Å². The van der Waals surface area contributed by atoms with Crippen LogP contribution in [0.4, 0.5) is 0 Å². The van der Waals surface area contributed by atoms with Crippen molar-refractivity contribution in [2.24, 2.45) is 55.8 Å².